The molecule has 0 aliphatic heterocycles. The number of H-pyrrole nitrogens is 2. The molecule has 2 heterocycles. The highest BCUT2D eigenvalue weighted by Gasteiger charge is 2.09. The van der Waals surface area contributed by atoms with E-state index in [1.54, 1.807) is 0 Å². The first-order valence-corrected chi connectivity index (χ1v) is 6.64. The van der Waals surface area contributed by atoms with Crippen LogP contribution in [-0.2, 0) is 11.2 Å². The number of carbonyl (C=O) groups excluding carboxylic acids is 1. The summed E-state index contributed by atoms with van der Waals surface area (Å²) in [5.74, 6) is -0.0104. The third-order valence-corrected chi connectivity index (χ3v) is 3.32. The fraction of sp³-hybridized carbons (Fsp3) is 0.188. The Bertz CT molecular complexity index is 767. The standard InChI is InChI=1S/C16H17N3O/c1-10-6-12(9-17-10)8-15(20)19-14-5-3-4-13-7-11(2)18-16(13)14/h3-7,9,17-18H,8H2,1-2H3,(H,19,20). The minimum absolute atomic E-state index is 0.0104. The number of amides is 1. The van der Waals surface area contributed by atoms with Gasteiger partial charge in [-0.2, -0.15) is 0 Å². The quantitative estimate of drug-likeness (QED) is 0.670. The van der Waals surface area contributed by atoms with Gasteiger partial charge in [0.2, 0.25) is 5.91 Å². The van der Waals surface area contributed by atoms with E-state index in [2.05, 4.69) is 21.4 Å². The molecular weight excluding hydrogens is 250 g/mol. The van der Waals surface area contributed by atoms with Gasteiger partial charge in [0.1, 0.15) is 0 Å². The molecule has 0 atom stereocenters. The van der Waals surface area contributed by atoms with Gasteiger partial charge in [0.15, 0.2) is 0 Å². The second-order valence-electron chi connectivity index (χ2n) is 5.14. The highest BCUT2D eigenvalue weighted by atomic mass is 16.1. The zero-order valence-electron chi connectivity index (χ0n) is 11.6. The summed E-state index contributed by atoms with van der Waals surface area (Å²) in [4.78, 5) is 18.5. The van der Waals surface area contributed by atoms with E-state index in [9.17, 15) is 4.79 Å². The fourth-order valence-corrected chi connectivity index (χ4v) is 2.45. The number of rotatable bonds is 3. The van der Waals surface area contributed by atoms with E-state index in [1.807, 2.05) is 44.3 Å². The molecule has 3 aromatic rings. The number of fused-ring (bicyclic) bond motifs is 1. The van der Waals surface area contributed by atoms with Crippen LogP contribution in [0.3, 0.4) is 0 Å². The van der Waals surface area contributed by atoms with Crippen LogP contribution in [0.1, 0.15) is 17.0 Å². The Hall–Kier alpha value is -2.49. The van der Waals surface area contributed by atoms with Crippen LogP contribution < -0.4 is 5.32 Å². The first-order chi connectivity index (χ1) is 9.61. The van der Waals surface area contributed by atoms with E-state index in [-0.39, 0.29) is 5.91 Å². The highest BCUT2D eigenvalue weighted by molar-refractivity contribution is 6.01. The molecule has 1 aromatic carbocycles. The van der Waals surface area contributed by atoms with Crippen LogP contribution in [0.4, 0.5) is 5.69 Å². The van der Waals surface area contributed by atoms with Gasteiger partial charge >= 0.3 is 0 Å². The van der Waals surface area contributed by atoms with Crippen molar-refractivity contribution in [3.05, 3.63) is 53.5 Å². The number of hydrogen-bond donors (Lipinski definition) is 3. The summed E-state index contributed by atoms with van der Waals surface area (Å²) >= 11 is 0. The summed E-state index contributed by atoms with van der Waals surface area (Å²) in [6.07, 6.45) is 2.24. The number of aryl methyl sites for hydroxylation is 2. The molecule has 0 aliphatic carbocycles. The minimum atomic E-state index is -0.0104. The Balaban J connectivity index is 1.80. The third-order valence-electron chi connectivity index (χ3n) is 3.32. The van der Waals surface area contributed by atoms with Crippen LogP contribution >= 0.6 is 0 Å². The molecule has 0 fully saturated rings. The first kappa shape index (κ1) is 12.5. The van der Waals surface area contributed by atoms with Gasteiger partial charge in [0, 0.05) is 23.0 Å². The minimum Gasteiger partial charge on any atom is -0.365 e. The number of para-hydroxylation sites is 1. The van der Waals surface area contributed by atoms with Crippen LogP contribution in [0, 0.1) is 13.8 Å². The maximum absolute atomic E-state index is 12.1. The summed E-state index contributed by atoms with van der Waals surface area (Å²) in [5, 5.41) is 4.08. The average molecular weight is 267 g/mol. The summed E-state index contributed by atoms with van der Waals surface area (Å²) in [6.45, 7) is 3.98. The van der Waals surface area contributed by atoms with Crippen molar-refractivity contribution >= 4 is 22.5 Å². The van der Waals surface area contributed by atoms with Gasteiger partial charge in [0.25, 0.3) is 0 Å². The molecule has 0 spiro atoms. The Morgan fingerprint density at radius 3 is 2.80 bits per heavy atom. The highest BCUT2D eigenvalue weighted by Crippen LogP contribution is 2.23. The van der Waals surface area contributed by atoms with Crippen molar-refractivity contribution in [3.8, 4) is 0 Å². The molecule has 0 aliphatic rings. The number of benzene rings is 1. The number of hydrogen-bond acceptors (Lipinski definition) is 1. The topological polar surface area (TPSA) is 60.7 Å². The van der Waals surface area contributed by atoms with Crippen LogP contribution in [0.15, 0.2) is 36.5 Å². The maximum atomic E-state index is 12.1. The first-order valence-electron chi connectivity index (χ1n) is 6.64. The van der Waals surface area contributed by atoms with E-state index in [1.165, 1.54) is 0 Å². The Labute approximate surface area is 117 Å². The van der Waals surface area contributed by atoms with Crippen molar-refractivity contribution in [2.75, 3.05) is 5.32 Å². The number of aromatic nitrogens is 2. The van der Waals surface area contributed by atoms with Gasteiger partial charge in [-0.05, 0) is 37.6 Å². The largest absolute Gasteiger partial charge is 0.365 e. The number of nitrogens with one attached hydrogen (secondary N) is 3. The van der Waals surface area contributed by atoms with Crippen molar-refractivity contribution in [1.29, 1.82) is 0 Å². The molecule has 4 heteroatoms. The Morgan fingerprint density at radius 1 is 1.20 bits per heavy atom. The Morgan fingerprint density at radius 2 is 2.05 bits per heavy atom. The molecule has 3 N–H and O–H groups in total. The van der Waals surface area contributed by atoms with E-state index in [4.69, 9.17) is 0 Å². The molecule has 3 rings (SSSR count). The zero-order chi connectivity index (χ0) is 14.1. The SMILES string of the molecule is Cc1cc(CC(=O)Nc2cccc3cc(C)[nH]c23)c[nH]1. The van der Waals surface area contributed by atoms with Gasteiger partial charge in [-0.3, -0.25) is 4.79 Å². The summed E-state index contributed by atoms with van der Waals surface area (Å²) in [5.41, 5.74) is 4.95. The number of aromatic amines is 2. The number of carbonyl (C=O) groups is 1. The molecule has 2 aromatic heterocycles. The Kier molecular flexibility index (Phi) is 3.06. The molecule has 0 saturated carbocycles. The summed E-state index contributed by atoms with van der Waals surface area (Å²) in [7, 11) is 0. The van der Waals surface area contributed by atoms with Crippen molar-refractivity contribution in [2.45, 2.75) is 20.3 Å². The van der Waals surface area contributed by atoms with E-state index in [0.717, 1.165) is 33.5 Å². The predicted octanol–water partition coefficient (Wildman–Crippen LogP) is 3.29. The van der Waals surface area contributed by atoms with Gasteiger partial charge < -0.3 is 15.3 Å². The van der Waals surface area contributed by atoms with Crippen LogP contribution in [0.25, 0.3) is 10.9 Å². The predicted molar refractivity (Wildman–Crippen MR) is 80.9 cm³/mol. The monoisotopic (exact) mass is 267 g/mol. The van der Waals surface area contributed by atoms with E-state index < -0.39 is 0 Å². The lowest BCUT2D eigenvalue weighted by atomic mass is 10.2. The van der Waals surface area contributed by atoms with Crippen molar-refractivity contribution in [1.82, 2.24) is 9.97 Å². The molecule has 0 bridgehead atoms. The summed E-state index contributed by atoms with van der Waals surface area (Å²) < 4.78 is 0. The molecule has 102 valence electrons. The van der Waals surface area contributed by atoms with Crippen LogP contribution in [-0.4, -0.2) is 15.9 Å². The lowest BCUT2D eigenvalue weighted by molar-refractivity contribution is -0.115. The lowest BCUT2D eigenvalue weighted by Gasteiger charge is -2.05. The van der Waals surface area contributed by atoms with E-state index >= 15 is 0 Å². The molecule has 20 heavy (non-hydrogen) atoms. The normalized spacial score (nSPS) is 10.9. The lowest BCUT2D eigenvalue weighted by Crippen LogP contribution is -2.14. The molecule has 0 unspecified atom stereocenters. The van der Waals surface area contributed by atoms with Crippen LogP contribution in [0.2, 0.25) is 0 Å². The van der Waals surface area contributed by atoms with Gasteiger partial charge in [0.05, 0.1) is 17.6 Å². The molecule has 4 nitrogen and oxygen atoms in total. The average Bonchev–Trinajstić information content (AvgIpc) is 2.95. The van der Waals surface area contributed by atoms with Gasteiger partial charge in [-0.1, -0.05) is 12.1 Å². The van der Waals surface area contributed by atoms with Crippen molar-refractivity contribution in [3.63, 3.8) is 0 Å². The third kappa shape index (κ3) is 2.45. The molecule has 0 saturated heterocycles. The fourth-order valence-electron chi connectivity index (χ4n) is 2.45. The smallest absolute Gasteiger partial charge is 0.228 e. The van der Waals surface area contributed by atoms with Gasteiger partial charge in [-0.25, -0.2) is 0 Å². The summed E-state index contributed by atoms with van der Waals surface area (Å²) in [6, 6.07) is 9.95. The number of anilines is 1. The van der Waals surface area contributed by atoms with Crippen molar-refractivity contribution < 1.29 is 4.79 Å². The van der Waals surface area contributed by atoms with Crippen molar-refractivity contribution in [2.24, 2.45) is 0 Å². The molecular formula is C16H17N3O. The molecule has 1 amide bonds. The van der Waals surface area contributed by atoms with E-state index in [0.29, 0.717) is 6.42 Å². The second kappa shape index (κ2) is 4.89. The zero-order valence-corrected chi connectivity index (χ0v) is 11.6. The molecule has 0 radical (unpaired) electrons. The van der Waals surface area contributed by atoms with Gasteiger partial charge in [-0.15, -0.1) is 0 Å². The maximum Gasteiger partial charge on any atom is 0.228 e. The van der Waals surface area contributed by atoms with Crippen LogP contribution in [0.5, 0.6) is 0 Å². The second-order valence-corrected chi connectivity index (χ2v) is 5.14.